The van der Waals surface area contributed by atoms with E-state index in [9.17, 15) is 0 Å². The quantitative estimate of drug-likeness (QED) is 0.495. The van der Waals surface area contributed by atoms with Crippen LogP contribution in [0.4, 0.5) is 0 Å². The minimum atomic E-state index is 0.268. The van der Waals surface area contributed by atoms with Crippen LogP contribution in [0.15, 0.2) is 53.5 Å². The number of fused-ring (bicyclic) bond motifs is 1. The van der Waals surface area contributed by atoms with E-state index in [0.29, 0.717) is 25.6 Å². The van der Waals surface area contributed by atoms with Crippen LogP contribution in [0.25, 0.3) is 0 Å². The Morgan fingerprint density at radius 2 is 1.79 bits per heavy atom. The maximum absolute atomic E-state index is 5.45. The van der Waals surface area contributed by atoms with E-state index >= 15 is 0 Å². The van der Waals surface area contributed by atoms with Crippen LogP contribution in [0.2, 0.25) is 0 Å². The summed E-state index contributed by atoms with van der Waals surface area (Å²) >= 11 is 0. The number of nitrogens with zero attached hydrogens (tertiary/aromatic N) is 4. The number of nitrogens with one attached hydrogen (secondary N) is 2. The Hall–Kier alpha value is -3.55. The summed E-state index contributed by atoms with van der Waals surface area (Å²) in [6.07, 6.45) is 0. The van der Waals surface area contributed by atoms with E-state index in [0.717, 1.165) is 28.7 Å². The van der Waals surface area contributed by atoms with Crippen LogP contribution >= 0.6 is 0 Å². The molecule has 0 radical (unpaired) electrons. The van der Waals surface area contributed by atoms with Crippen molar-refractivity contribution in [2.45, 2.75) is 26.6 Å². The van der Waals surface area contributed by atoms with Crippen molar-refractivity contribution in [1.82, 2.24) is 25.4 Å². The molecule has 0 fully saturated rings. The van der Waals surface area contributed by atoms with Crippen molar-refractivity contribution >= 4 is 5.96 Å². The van der Waals surface area contributed by atoms with Crippen molar-refractivity contribution < 1.29 is 9.47 Å². The third kappa shape index (κ3) is 4.66. The van der Waals surface area contributed by atoms with Gasteiger partial charge in [-0.05, 0) is 30.2 Å². The van der Waals surface area contributed by atoms with Gasteiger partial charge < -0.3 is 24.7 Å². The number of rotatable bonds is 6. The fourth-order valence-corrected chi connectivity index (χ4v) is 2.93. The molecular weight excluding hydrogens is 368 g/mol. The van der Waals surface area contributed by atoms with E-state index in [2.05, 4.69) is 33.0 Å². The number of aryl methyl sites for hydroxylation is 1. The summed E-state index contributed by atoms with van der Waals surface area (Å²) in [4.78, 5) is 4.73. The molecule has 1 aliphatic rings. The molecule has 3 aromatic rings. The minimum Gasteiger partial charge on any atom is -0.454 e. The normalized spacial score (nSPS) is 12.8. The fraction of sp³-hybridized carbons (Fsp3) is 0.286. The van der Waals surface area contributed by atoms with Crippen LogP contribution in [0.5, 0.6) is 11.5 Å². The first-order valence-corrected chi connectivity index (χ1v) is 9.48. The molecule has 0 atom stereocenters. The lowest BCUT2D eigenvalue weighted by Crippen LogP contribution is -2.37. The average Bonchev–Trinajstić information content (AvgIpc) is 3.35. The molecule has 4 rings (SSSR count). The van der Waals surface area contributed by atoms with Crippen LogP contribution in [0, 0.1) is 6.92 Å². The summed E-state index contributed by atoms with van der Waals surface area (Å²) in [5.41, 5.74) is 2.23. The summed E-state index contributed by atoms with van der Waals surface area (Å²) in [5, 5.41) is 15.0. The number of aromatic nitrogens is 3. The van der Waals surface area contributed by atoms with Crippen molar-refractivity contribution in [2.24, 2.45) is 12.0 Å². The van der Waals surface area contributed by atoms with E-state index in [1.807, 2.05) is 54.9 Å². The third-order valence-electron chi connectivity index (χ3n) is 4.76. The molecule has 0 unspecified atom stereocenters. The van der Waals surface area contributed by atoms with Gasteiger partial charge in [0, 0.05) is 13.6 Å². The molecule has 8 heteroatoms. The summed E-state index contributed by atoms with van der Waals surface area (Å²) in [6, 6.07) is 16.1. The van der Waals surface area contributed by atoms with Gasteiger partial charge in [0.1, 0.15) is 5.82 Å². The molecule has 0 spiro atoms. The smallest absolute Gasteiger partial charge is 0.231 e. The summed E-state index contributed by atoms with van der Waals surface area (Å²) in [7, 11) is 1.95. The predicted octanol–water partition coefficient (Wildman–Crippen LogP) is 2.29. The minimum absolute atomic E-state index is 0.268. The van der Waals surface area contributed by atoms with Crippen molar-refractivity contribution in [3.63, 3.8) is 0 Å². The van der Waals surface area contributed by atoms with Crippen LogP contribution in [-0.2, 0) is 26.7 Å². The lowest BCUT2D eigenvalue weighted by molar-refractivity contribution is 0.174. The highest BCUT2D eigenvalue weighted by Crippen LogP contribution is 2.32. The molecule has 0 bridgehead atoms. The molecule has 0 aliphatic carbocycles. The van der Waals surface area contributed by atoms with Gasteiger partial charge in [0.05, 0.1) is 13.1 Å². The summed E-state index contributed by atoms with van der Waals surface area (Å²) in [5.74, 6) is 3.96. The Morgan fingerprint density at radius 1 is 1.00 bits per heavy atom. The standard InChI is InChI=1S/C21H24N6O2/c1-15-25-26-20(27(15)2)13-24-21(22-11-16-6-4-3-5-7-16)23-12-17-8-9-18-19(10-17)29-14-28-18/h3-10H,11-14H2,1-2H3,(H2,22,23,24). The Kier molecular flexibility index (Phi) is 5.60. The first kappa shape index (κ1) is 18.8. The van der Waals surface area contributed by atoms with Crippen molar-refractivity contribution in [3.8, 4) is 11.5 Å². The zero-order chi connectivity index (χ0) is 20.1. The largest absolute Gasteiger partial charge is 0.454 e. The van der Waals surface area contributed by atoms with Crippen molar-refractivity contribution in [3.05, 3.63) is 71.3 Å². The van der Waals surface area contributed by atoms with Crippen LogP contribution in [-0.4, -0.2) is 27.5 Å². The van der Waals surface area contributed by atoms with E-state index < -0.39 is 0 Å². The summed E-state index contributed by atoms with van der Waals surface area (Å²) in [6.45, 7) is 3.91. The lowest BCUT2D eigenvalue weighted by atomic mass is 10.2. The Labute approximate surface area is 169 Å². The number of hydrogen-bond donors (Lipinski definition) is 2. The van der Waals surface area contributed by atoms with Gasteiger partial charge in [0.15, 0.2) is 23.3 Å². The van der Waals surface area contributed by atoms with Gasteiger partial charge in [-0.25, -0.2) is 4.99 Å². The molecule has 0 amide bonds. The van der Waals surface area contributed by atoms with Gasteiger partial charge >= 0.3 is 0 Å². The SMILES string of the molecule is Cc1nnc(CNC(=NCc2ccc3c(c2)OCO3)NCc2ccccc2)n1C. The van der Waals surface area contributed by atoms with E-state index in [4.69, 9.17) is 14.5 Å². The lowest BCUT2D eigenvalue weighted by Gasteiger charge is -2.13. The molecule has 2 N–H and O–H groups in total. The number of aliphatic imine (C=N–C) groups is 1. The second kappa shape index (κ2) is 8.64. The number of guanidine groups is 1. The van der Waals surface area contributed by atoms with Gasteiger partial charge in [0.2, 0.25) is 6.79 Å². The molecular formula is C21H24N6O2. The number of hydrogen-bond acceptors (Lipinski definition) is 5. The maximum atomic E-state index is 5.45. The second-order valence-electron chi connectivity index (χ2n) is 6.77. The van der Waals surface area contributed by atoms with Crippen LogP contribution in [0.1, 0.15) is 22.8 Å². The van der Waals surface area contributed by atoms with Crippen molar-refractivity contribution in [1.29, 1.82) is 0 Å². The average molecular weight is 392 g/mol. The Balaban J connectivity index is 1.45. The van der Waals surface area contributed by atoms with Gasteiger partial charge in [0.25, 0.3) is 0 Å². The monoisotopic (exact) mass is 392 g/mol. The van der Waals surface area contributed by atoms with Gasteiger partial charge in [-0.1, -0.05) is 36.4 Å². The Bertz CT molecular complexity index is 1000. The number of ether oxygens (including phenoxy) is 2. The highest BCUT2D eigenvalue weighted by atomic mass is 16.7. The molecule has 1 aromatic heterocycles. The maximum Gasteiger partial charge on any atom is 0.231 e. The topological polar surface area (TPSA) is 85.6 Å². The van der Waals surface area contributed by atoms with E-state index in [1.165, 1.54) is 5.56 Å². The molecule has 2 heterocycles. The molecule has 8 nitrogen and oxygen atoms in total. The van der Waals surface area contributed by atoms with Crippen LogP contribution < -0.4 is 20.1 Å². The second-order valence-corrected chi connectivity index (χ2v) is 6.77. The molecule has 1 aliphatic heterocycles. The van der Waals surface area contributed by atoms with Crippen LogP contribution in [0.3, 0.4) is 0 Å². The zero-order valence-electron chi connectivity index (χ0n) is 16.6. The molecule has 0 saturated heterocycles. The fourth-order valence-electron chi connectivity index (χ4n) is 2.93. The summed E-state index contributed by atoms with van der Waals surface area (Å²) < 4.78 is 12.8. The third-order valence-corrected chi connectivity index (χ3v) is 4.76. The van der Waals surface area contributed by atoms with E-state index in [1.54, 1.807) is 0 Å². The van der Waals surface area contributed by atoms with Crippen molar-refractivity contribution in [2.75, 3.05) is 6.79 Å². The molecule has 0 saturated carbocycles. The van der Waals surface area contributed by atoms with Gasteiger partial charge in [-0.15, -0.1) is 10.2 Å². The van der Waals surface area contributed by atoms with Gasteiger partial charge in [-0.3, -0.25) is 0 Å². The van der Waals surface area contributed by atoms with Gasteiger partial charge in [-0.2, -0.15) is 0 Å². The predicted molar refractivity (Wildman–Crippen MR) is 110 cm³/mol. The molecule has 29 heavy (non-hydrogen) atoms. The molecule has 150 valence electrons. The molecule has 2 aromatic carbocycles. The first-order valence-electron chi connectivity index (χ1n) is 9.48. The number of benzene rings is 2. The Morgan fingerprint density at radius 3 is 2.59 bits per heavy atom. The first-order chi connectivity index (χ1) is 14.2. The van der Waals surface area contributed by atoms with E-state index in [-0.39, 0.29) is 6.79 Å². The zero-order valence-corrected chi connectivity index (χ0v) is 16.6. The highest BCUT2D eigenvalue weighted by molar-refractivity contribution is 5.79. The highest BCUT2D eigenvalue weighted by Gasteiger charge is 2.13.